The van der Waals surface area contributed by atoms with E-state index in [9.17, 15) is 4.79 Å². The highest BCUT2D eigenvalue weighted by molar-refractivity contribution is 5.92. The highest BCUT2D eigenvalue weighted by Gasteiger charge is 2.17. The Kier molecular flexibility index (Phi) is 3.13. The average molecular weight is 219 g/mol. The number of hydrogen-bond donors (Lipinski definition) is 0. The van der Waals surface area contributed by atoms with Gasteiger partial charge in [-0.25, -0.2) is 4.79 Å². The van der Waals surface area contributed by atoms with Crippen molar-refractivity contribution in [3.63, 3.8) is 0 Å². The Bertz CT molecular complexity index is 429. The van der Waals surface area contributed by atoms with Crippen LogP contribution in [-0.2, 0) is 23.0 Å². The molecule has 0 fully saturated rings. The zero-order valence-corrected chi connectivity index (χ0v) is 9.82. The minimum atomic E-state index is -0.228. The van der Waals surface area contributed by atoms with Crippen molar-refractivity contribution in [3.8, 4) is 0 Å². The number of aromatic nitrogens is 1. The van der Waals surface area contributed by atoms with E-state index in [-0.39, 0.29) is 5.97 Å². The van der Waals surface area contributed by atoms with Crippen molar-refractivity contribution in [1.29, 1.82) is 0 Å². The lowest BCUT2D eigenvalue weighted by atomic mass is 9.92. The summed E-state index contributed by atoms with van der Waals surface area (Å²) < 4.78 is 7.08. The SMILES string of the molecule is CCOC(=O)/C=C1/CCCc2c1ccn2C. The van der Waals surface area contributed by atoms with Crippen LogP contribution in [0.25, 0.3) is 5.57 Å². The van der Waals surface area contributed by atoms with Gasteiger partial charge in [-0.1, -0.05) is 0 Å². The first-order valence-electron chi connectivity index (χ1n) is 5.74. The minimum absolute atomic E-state index is 0.228. The molecule has 0 atom stereocenters. The van der Waals surface area contributed by atoms with Crippen molar-refractivity contribution in [3.05, 3.63) is 29.6 Å². The molecule has 3 nitrogen and oxygen atoms in total. The first-order chi connectivity index (χ1) is 7.72. The van der Waals surface area contributed by atoms with Gasteiger partial charge in [0.1, 0.15) is 0 Å². The highest BCUT2D eigenvalue weighted by Crippen LogP contribution is 2.30. The molecule has 0 saturated heterocycles. The number of nitrogens with zero attached hydrogens (tertiary/aromatic N) is 1. The van der Waals surface area contributed by atoms with Crippen molar-refractivity contribution in [2.75, 3.05) is 6.61 Å². The van der Waals surface area contributed by atoms with Gasteiger partial charge in [0.15, 0.2) is 0 Å². The molecule has 0 unspecified atom stereocenters. The number of ether oxygens (including phenoxy) is 1. The van der Waals surface area contributed by atoms with E-state index in [1.54, 1.807) is 6.08 Å². The van der Waals surface area contributed by atoms with E-state index in [0.29, 0.717) is 6.61 Å². The molecule has 3 heteroatoms. The van der Waals surface area contributed by atoms with Crippen LogP contribution in [0.3, 0.4) is 0 Å². The Hall–Kier alpha value is -1.51. The monoisotopic (exact) mass is 219 g/mol. The third kappa shape index (κ3) is 2.03. The normalized spacial score (nSPS) is 17.2. The van der Waals surface area contributed by atoms with Crippen LogP contribution in [0.5, 0.6) is 0 Å². The van der Waals surface area contributed by atoms with Crippen LogP contribution in [0.2, 0.25) is 0 Å². The van der Waals surface area contributed by atoms with Crippen molar-refractivity contribution in [2.24, 2.45) is 7.05 Å². The minimum Gasteiger partial charge on any atom is -0.463 e. The summed E-state index contributed by atoms with van der Waals surface area (Å²) >= 11 is 0. The third-order valence-corrected chi connectivity index (χ3v) is 2.99. The van der Waals surface area contributed by atoms with Crippen molar-refractivity contribution in [2.45, 2.75) is 26.2 Å². The Morgan fingerprint density at radius 3 is 3.12 bits per heavy atom. The standard InChI is InChI=1S/C13H17NO2/c1-3-16-13(15)9-10-5-4-6-12-11(10)7-8-14(12)2/h7-9H,3-6H2,1-2H3/b10-9-. The van der Waals surface area contributed by atoms with Crippen LogP contribution in [-0.4, -0.2) is 17.1 Å². The molecule has 1 aliphatic rings. The van der Waals surface area contributed by atoms with E-state index in [1.165, 1.54) is 11.3 Å². The summed E-state index contributed by atoms with van der Waals surface area (Å²) in [6.45, 7) is 2.26. The average Bonchev–Trinajstić information content (AvgIpc) is 2.62. The largest absolute Gasteiger partial charge is 0.463 e. The molecule has 1 aromatic rings. The summed E-state index contributed by atoms with van der Waals surface area (Å²) in [5, 5.41) is 0. The van der Waals surface area contributed by atoms with Crippen LogP contribution in [0.1, 0.15) is 31.0 Å². The van der Waals surface area contributed by atoms with Gasteiger partial charge in [0.05, 0.1) is 6.61 Å². The van der Waals surface area contributed by atoms with E-state index in [4.69, 9.17) is 4.74 Å². The highest BCUT2D eigenvalue weighted by atomic mass is 16.5. The van der Waals surface area contributed by atoms with E-state index in [0.717, 1.165) is 24.8 Å². The van der Waals surface area contributed by atoms with Gasteiger partial charge in [-0.15, -0.1) is 0 Å². The lowest BCUT2D eigenvalue weighted by molar-refractivity contribution is -0.137. The van der Waals surface area contributed by atoms with E-state index in [2.05, 4.69) is 16.8 Å². The fraction of sp³-hybridized carbons (Fsp3) is 0.462. The molecule has 0 aromatic carbocycles. The van der Waals surface area contributed by atoms with Crippen LogP contribution >= 0.6 is 0 Å². The summed E-state index contributed by atoms with van der Waals surface area (Å²) in [7, 11) is 2.05. The second kappa shape index (κ2) is 4.56. The zero-order valence-electron chi connectivity index (χ0n) is 9.82. The molecule has 0 spiro atoms. The lowest BCUT2D eigenvalue weighted by Gasteiger charge is -2.16. The summed E-state index contributed by atoms with van der Waals surface area (Å²) in [4.78, 5) is 11.4. The Morgan fingerprint density at radius 1 is 1.56 bits per heavy atom. The molecular formula is C13H17NO2. The Morgan fingerprint density at radius 2 is 2.38 bits per heavy atom. The summed E-state index contributed by atoms with van der Waals surface area (Å²) in [6.07, 6.45) is 6.86. The van der Waals surface area contributed by atoms with Gasteiger partial charge in [0, 0.05) is 25.0 Å². The maximum atomic E-state index is 11.4. The second-order valence-corrected chi connectivity index (χ2v) is 4.06. The van der Waals surface area contributed by atoms with Crippen molar-refractivity contribution >= 4 is 11.5 Å². The molecule has 2 rings (SSSR count). The molecule has 0 bridgehead atoms. The number of carbonyl (C=O) groups is 1. The van der Waals surface area contributed by atoms with Crippen LogP contribution in [0, 0.1) is 0 Å². The Balaban J connectivity index is 2.28. The lowest BCUT2D eigenvalue weighted by Crippen LogP contribution is -2.07. The molecular weight excluding hydrogens is 202 g/mol. The van der Waals surface area contributed by atoms with Crippen LogP contribution in [0.4, 0.5) is 0 Å². The van der Waals surface area contributed by atoms with Gasteiger partial charge in [-0.05, 0) is 43.4 Å². The predicted molar refractivity (Wildman–Crippen MR) is 63.0 cm³/mol. The number of fused-ring (bicyclic) bond motifs is 1. The Labute approximate surface area is 95.7 Å². The quantitative estimate of drug-likeness (QED) is 0.564. The molecule has 0 radical (unpaired) electrons. The van der Waals surface area contributed by atoms with Gasteiger partial charge in [0.2, 0.25) is 0 Å². The third-order valence-electron chi connectivity index (χ3n) is 2.99. The number of aryl methyl sites for hydroxylation is 1. The topological polar surface area (TPSA) is 31.2 Å². The number of esters is 1. The molecule has 0 N–H and O–H groups in total. The molecule has 0 aliphatic heterocycles. The number of carbonyl (C=O) groups excluding carboxylic acids is 1. The first-order valence-corrected chi connectivity index (χ1v) is 5.74. The van der Waals surface area contributed by atoms with E-state index < -0.39 is 0 Å². The fourth-order valence-electron chi connectivity index (χ4n) is 2.22. The smallest absolute Gasteiger partial charge is 0.331 e. The molecule has 1 heterocycles. The van der Waals surface area contributed by atoms with E-state index >= 15 is 0 Å². The summed E-state index contributed by atoms with van der Waals surface area (Å²) in [5.41, 5.74) is 3.64. The predicted octanol–water partition coefficient (Wildman–Crippen LogP) is 2.31. The van der Waals surface area contributed by atoms with Gasteiger partial charge in [0.25, 0.3) is 0 Å². The number of hydrogen-bond acceptors (Lipinski definition) is 2. The molecule has 16 heavy (non-hydrogen) atoms. The second-order valence-electron chi connectivity index (χ2n) is 4.06. The number of allylic oxidation sites excluding steroid dienone is 1. The van der Waals surface area contributed by atoms with Crippen molar-refractivity contribution < 1.29 is 9.53 Å². The molecule has 1 aliphatic carbocycles. The molecule has 1 aromatic heterocycles. The summed E-state index contributed by atoms with van der Waals surface area (Å²) in [5.74, 6) is -0.228. The maximum absolute atomic E-state index is 11.4. The summed E-state index contributed by atoms with van der Waals surface area (Å²) in [6, 6.07) is 2.08. The maximum Gasteiger partial charge on any atom is 0.331 e. The first kappa shape index (κ1) is 11.0. The van der Waals surface area contributed by atoms with Gasteiger partial charge in [-0.2, -0.15) is 0 Å². The van der Waals surface area contributed by atoms with Gasteiger partial charge >= 0.3 is 5.97 Å². The molecule has 0 amide bonds. The zero-order chi connectivity index (χ0) is 11.5. The fourth-order valence-corrected chi connectivity index (χ4v) is 2.22. The van der Waals surface area contributed by atoms with Gasteiger partial charge < -0.3 is 9.30 Å². The number of rotatable bonds is 2. The van der Waals surface area contributed by atoms with Crippen molar-refractivity contribution in [1.82, 2.24) is 4.57 Å². The molecule has 0 saturated carbocycles. The van der Waals surface area contributed by atoms with E-state index in [1.807, 2.05) is 14.0 Å². The van der Waals surface area contributed by atoms with Crippen LogP contribution in [0.15, 0.2) is 18.3 Å². The molecule has 86 valence electrons. The van der Waals surface area contributed by atoms with Gasteiger partial charge in [-0.3, -0.25) is 0 Å². The van der Waals surface area contributed by atoms with Crippen LogP contribution < -0.4 is 0 Å².